The van der Waals surface area contributed by atoms with E-state index in [1.807, 2.05) is 0 Å². The maximum Gasteiger partial charge on any atom is -0.000567 e. The van der Waals surface area contributed by atoms with Gasteiger partial charge in [-0.1, -0.05) is 58.4 Å². The van der Waals surface area contributed by atoms with Gasteiger partial charge in [0.05, 0.1) is 0 Å². The summed E-state index contributed by atoms with van der Waals surface area (Å²) >= 11 is 0. The van der Waals surface area contributed by atoms with Gasteiger partial charge in [0.15, 0.2) is 0 Å². The highest BCUT2D eigenvalue weighted by molar-refractivity contribution is 5.27. The molecule has 1 rings (SSSR count). The first-order valence-electron chi connectivity index (χ1n) is 6.40. The Hall–Kier alpha value is -0.820. The van der Waals surface area contributed by atoms with Crippen molar-refractivity contribution in [2.24, 2.45) is 11.7 Å². The minimum Gasteiger partial charge on any atom is -0.330 e. The van der Waals surface area contributed by atoms with Crippen molar-refractivity contribution in [1.82, 2.24) is 0 Å². The van der Waals surface area contributed by atoms with E-state index >= 15 is 0 Å². The lowest BCUT2D eigenvalue weighted by molar-refractivity contribution is 0.452. The van der Waals surface area contributed by atoms with Gasteiger partial charge in [-0.05, 0) is 35.4 Å². The molecule has 0 bridgehead atoms. The summed E-state index contributed by atoms with van der Waals surface area (Å²) in [6, 6.07) is 8.98. The average Bonchev–Trinajstić information content (AvgIpc) is 2.30. The zero-order valence-corrected chi connectivity index (χ0v) is 11.0. The molecule has 0 spiro atoms. The second-order valence-electron chi connectivity index (χ2n) is 5.05. The number of hydrogen-bond donors (Lipinski definition) is 1. The van der Waals surface area contributed by atoms with Crippen LogP contribution in [0.2, 0.25) is 0 Å². The molecule has 1 nitrogen and oxygen atoms in total. The lowest BCUT2D eigenvalue weighted by Crippen LogP contribution is -2.19. The molecule has 1 heteroatoms. The predicted octanol–water partition coefficient (Wildman–Crippen LogP) is 3.90. The van der Waals surface area contributed by atoms with E-state index in [9.17, 15) is 0 Å². The molecule has 0 fully saturated rings. The maximum absolute atomic E-state index is 5.88. The molecule has 0 saturated heterocycles. The Balaban J connectivity index is 2.86. The largest absolute Gasteiger partial charge is 0.330 e. The van der Waals surface area contributed by atoms with Gasteiger partial charge < -0.3 is 5.73 Å². The van der Waals surface area contributed by atoms with Gasteiger partial charge in [0.1, 0.15) is 0 Å². The Kier molecular flexibility index (Phi) is 5.01. The maximum atomic E-state index is 5.88. The molecule has 0 saturated carbocycles. The quantitative estimate of drug-likeness (QED) is 0.798. The van der Waals surface area contributed by atoms with Crippen LogP contribution < -0.4 is 5.73 Å². The van der Waals surface area contributed by atoms with Gasteiger partial charge in [-0.2, -0.15) is 0 Å². The molecule has 0 heterocycles. The van der Waals surface area contributed by atoms with E-state index in [1.165, 1.54) is 17.5 Å². The standard InChI is InChI=1S/C15H25N/c1-5-12(4)15(10-16)14-8-6-13(7-9-14)11(2)3/h6-9,11-12,15H,5,10,16H2,1-4H3. The first kappa shape index (κ1) is 13.2. The van der Waals surface area contributed by atoms with Crippen LogP contribution in [0.3, 0.4) is 0 Å². The lowest BCUT2D eigenvalue weighted by atomic mass is 9.85. The van der Waals surface area contributed by atoms with Crippen LogP contribution in [0, 0.1) is 5.92 Å². The third kappa shape index (κ3) is 3.08. The first-order chi connectivity index (χ1) is 7.60. The summed E-state index contributed by atoms with van der Waals surface area (Å²) < 4.78 is 0. The average molecular weight is 219 g/mol. The number of nitrogens with two attached hydrogens (primary N) is 1. The van der Waals surface area contributed by atoms with E-state index in [2.05, 4.69) is 52.0 Å². The van der Waals surface area contributed by atoms with Crippen molar-refractivity contribution in [2.45, 2.75) is 46.0 Å². The predicted molar refractivity (Wildman–Crippen MR) is 71.8 cm³/mol. The van der Waals surface area contributed by atoms with E-state index in [0.29, 0.717) is 17.8 Å². The second-order valence-corrected chi connectivity index (χ2v) is 5.05. The van der Waals surface area contributed by atoms with Gasteiger partial charge in [-0.15, -0.1) is 0 Å². The van der Waals surface area contributed by atoms with Crippen molar-refractivity contribution in [3.8, 4) is 0 Å². The van der Waals surface area contributed by atoms with Gasteiger partial charge in [-0.25, -0.2) is 0 Å². The Morgan fingerprint density at radius 1 is 1.00 bits per heavy atom. The topological polar surface area (TPSA) is 26.0 Å². The van der Waals surface area contributed by atoms with Crippen molar-refractivity contribution in [1.29, 1.82) is 0 Å². The van der Waals surface area contributed by atoms with E-state index < -0.39 is 0 Å². The summed E-state index contributed by atoms with van der Waals surface area (Å²) in [5, 5.41) is 0. The van der Waals surface area contributed by atoms with Gasteiger partial charge in [0.25, 0.3) is 0 Å². The molecule has 0 aromatic heterocycles. The summed E-state index contributed by atoms with van der Waals surface area (Å²) in [4.78, 5) is 0. The van der Waals surface area contributed by atoms with Crippen LogP contribution in [0.1, 0.15) is 57.1 Å². The van der Waals surface area contributed by atoms with Crippen LogP contribution >= 0.6 is 0 Å². The lowest BCUT2D eigenvalue weighted by Gasteiger charge is -2.22. The van der Waals surface area contributed by atoms with Crippen LogP contribution in [0.15, 0.2) is 24.3 Å². The van der Waals surface area contributed by atoms with Crippen molar-refractivity contribution in [3.05, 3.63) is 35.4 Å². The van der Waals surface area contributed by atoms with Gasteiger partial charge in [0.2, 0.25) is 0 Å². The summed E-state index contributed by atoms with van der Waals surface area (Å²) in [7, 11) is 0. The fraction of sp³-hybridized carbons (Fsp3) is 0.600. The molecule has 1 aromatic carbocycles. The van der Waals surface area contributed by atoms with E-state index in [1.54, 1.807) is 0 Å². The van der Waals surface area contributed by atoms with Gasteiger partial charge in [-0.3, -0.25) is 0 Å². The van der Waals surface area contributed by atoms with Crippen LogP contribution in [0.25, 0.3) is 0 Å². The van der Waals surface area contributed by atoms with Crippen molar-refractivity contribution >= 4 is 0 Å². The summed E-state index contributed by atoms with van der Waals surface area (Å²) in [6.07, 6.45) is 1.19. The second kappa shape index (κ2) is 6.05. The van der Waals surface area contributed by atoms with E-state index in [0.717, 1.165) is 6.54 Å². The highest BCUT2D eigenvalue weighted by Crippen LogP contribution is 2.27. The van der Waals surface area contributed by atoms with Crippen molar-refractivity contribution in [3.63, 3.8) is 0 Å². The van der Waals surface area contributed by atoms with Gasteiger partial charge >= 0.3 is 0 Å². The monoisotopic (exact) mass is 219 g/mol. The highest BCUT2D eigenvalue weighted by Gasteiger charge is 2.16. The zero-order chi connectivity index (χ0) is 12.1. The molecule has 2 atom stereocenters. The Morgan fingerprint density at radius 3 is 1.88 bits per heavy atom. The smallest absolute Gasteiger partial charge is 0.000567 e. The van der Waals surface area contributed by atoms with Crippen LogP contribution in [-0.2, 0) is 0 Å². The number of rotatable bonds is 5. The highest BCUT2D eigenvalue weighted by atomic mass is 14.6. The molecule has 0 aliphatic rings. The summed E-state index contributed by atoms with van der Waals surface area (Å²) in [6.45, 7) is 9.72. The van der Waals surface area contributed by atoms with Gasteiger partial charge in [0, 0.05) is 0 Å². The fourth-order valence-corrected chi connectivity index (χ4v) is 2.11. The Morgan fingerprint density at radius 2 is 1.50 bits per heavy atom. The molecule has 1 aromatic rings. The summed E-state index contributed by atoms with van der Waals surface area (Å²) in [5.74, 6) is 1.77. The SMILES string of the molecule is CCC(C)C(CN)c1ccc(C(C)C)cc1. The molecule has 0 aliphatic heterocycles. The van der Waals surface area contributed by atoms with Crippen molar-refractivity contribution < 1.29 is 0 Å². The molecular weight excluding hydrogens is 194 g/mol. The number of hydrogen-bond acceptors (Lipinski definition) is 1. The minimum absolute atomic E-state index is 0.506. The Bertz CT molecular complexity index is 300. The third-order valence-electron chi connectivity index (χ3n) is 3.62. The van der Waals surface area contributed by atoms with Crippen LogP contribution in [0.5, 0.6) is 0 Å². The molecule has 0 aliphatic carbocycles. The molecular formula is C15H25N. The normalized spacial score (nSPS) is 15.1. The first-order valence-corrected chi connectivity index (χ1v) is 6.40. The molecule has 90 valence electrons. The van der Waals surface area contributed by atoms with E-state index in [-0.39, 0.29) is 0 Å². The third-order valence-corrected chi connectivity index (χ3v) is 3.62. The van der Waals surface area contributed by atoms with E-state index in [4.69, 9.17) is 5.73 Å². The molecule has 2 N–H and O–H groups in total. The van der Waals surface area contributed by atoms with Crippen LogP contribution in [-0.4, -0.2) is 6.54 Å². The van der Waals surface area contributed by atoms with Crippen molar-refractivity contribution in [2.75, 3.05) is 6.54 Å². The molecule has 0 amide bonds. The zero-order valence-electron chi connectivity index (χ0n) is 11.0. The molecule has 2 unspecified atom stereocenters. The fourth-order valence-electron chi connectivity index (χ4n) is 2.11. The molecule has 0 radical (unpaired) electrons. The Labute approximate surface area is 100 Å². The molecule has 16 heavy (non-hydrogen) atoms. The summed E-state index contributed by atoms with van der Waals surface area (Å²) in [5.41, 5.74) is 8.68. The minimum atomic E-state index is 0.506. The number of benzene rings is 1. The van der Waals surface area contributed by atoms with Crippen LogP contribution in [0.4, 0.5) is 0 Å².